The predicted octanol–water partition coefficient (Wildman–Crippen LogP) is 1.49. The van der Waals surface area contributed by atoms with Crippen LogP contribution < -0.4 is 11.1 Å². The van der Waals surface area contributed by atoms with Crippen molar-refractivity contribution in [2.75, 3.05) is 17.6 Å². The van der Waals surface area contributed by atoms with Gasteiger partial charge in [-0.2, -0.15) is 15.0 Å². The van der Waals surface area contributed by atoms with Gasteiger partial charge in [-0.25, -0.2) is 4.98 Å². The first-order chi connectivity index (χ1) is 9.22. The Morgan fingerprint density at radius 3 is 2.68 bits per heavy atom. The summed E-state index contributed by atoms with van der Waals surface area (Å²) >= 11 is 0. The largest absolute Gasteiger partial charge is 0.368 e. The minimum Gasteiger partial charge on any atom is -0.368 e. The lowest BCUT2D eigenvalue weighted by Crippen LogP contribution is -2.16. The standard InChI is InChI=1S/C12H19N7/c1-3-9(4-2)7-15-11-16-10(13)17-12(18-11)19-6-5-14-8-19/h5-6,8-9H,3-4,7H2,1-2H3,(H3,13,15,16,17,18). The van der Waals surface area contributed by atoms with Crippen molar-refractivity contribution in [3.8, 4) is 5.95 Å². The third-order valence-electron chi connectivity index (χ3n) is 3.08. The van der Waals surface area contributed by atoms with Gasteiger partial charge in [-0.3, -0.25) is 4.57 Å². The summed E-state index contributed by atoms with van der Waals surface area (Å²) in [6.07, 6.45) is 7.30. The zero-order chi connectivity index (χ0) is 13.7. The first-order valence-corrected chi connectivity index (χ1v) is 6.46. The third-order valence-corrected chi connectivity index (χ3v) is 3.08. The molecule has 0 aliphatic heterocycles. The van der Waals surface area contributed by atoms with E-state index >= 15 is 0 Å². The van der Waals surface area contributed by atoms with Crippen LogP contribution in [0, 0.1) is 5.92 Å². The van der Waals surface area contributed by atoms with Gasteiger partial charge < -0.3 is 11.1 Å². The van der Waals surface area contributed by atoms with Gasteiger partial charge in [0.1, 0.15) is 6.33 Å². The maximum absolute atomic E-state index is 5.70. The highest BCUT2D eigenvalue weighted by molar-refractivity contribution is 5.35. The van der Waals surface area contributed by atoms with E-state index in [0.717, 1.165) is 19.4 Å². The van der Waals surface area contributed by atoms with Crippen molar-refractivity contribution in [2.24, 2.45) is 5.92 Å². The fourth-order valence-corrected chi connectivity index (χ4v) is 1.77. The Balaban J connectivity index is 2.13. The van der Waals surface area contributed by atoms with Gasteiger partial charge in [-0.05, 0) is 5.92 Å². The van der Waals surface area contributed by atoms with E-state index in [0.29, 0.717) is 17.8 Å². The summed E-state index contributed by atoms with van der Waals surface area (Å²) in [5.41, 5.74) is 5.70. The summed E-state index contributed by atoms with van der Waals surface area (Å²) in [6, 6.07) is 0. The minimum absolute atomic E-state index is 0.200. The summed E-state index contributed by atoms with van der Waals surface area (Å²) in [7, 11) is 0. The Hall–Kier alpha value is -2.18. The number of imidazole rings is 1. The van der Waals surface area contributed by atoms with Gasteiger partial charge in [0.15, 0.2) is 0 Å². The fraction of sp³-hybridized carbons (Fsp3) is 0.500. The molecule has 0 saturated heterocycles. The molecule has 19 heavy (non-hydrogen) atoms. The van der Waals surface area contributed by atoms with E-state index in [1.807, 2.05) is 0 Å². The molecular weight excluding hydrogens is 242 g/mol. The highest BCUT2D eigenvalue weighted by Gasteiger charge is 2.08. The second kappa shape index (κ2) is 6.12. The normalized spacial score (nSPS) is 10.9. The highest BCUT2D eigenvalue weighted by Crippen LogP contribution is 2.10. The van der Waals surface area contributed by atoms with Gasteiger partial charge in [-0.1, -0.05) is 26.7 Å². The number of nitrogens with zero attached hydrogens (tertiary/aromatic N) is 5. The Morgan fingerprint density at radius 1 is 1.26 bits per heavy atom. The first-order valence-electron chi connectivity index (χ1n) is 6.46. The molecule has 2 aromatic heterocycles. The minimum atomic E-state index is 0.200. The summed E-state index contributed by atoms with van der Waals surface area (Å²) in [5.74, 6) is 1.78. The zero-order valence-corrected chi connectivity index (χ0v) is 11.2. The van der Waals surface area contributed by atoms with E-state index in [-0.39, 0.29) is 5.95 Å². The molecule has 0 radical (unpaired) electrons. The second-order valence-electron chi connectivity index (χ2n) is 4.35. The van der Waals surface area contributed by atoms with Crippen LogP contribution in [0.4, 0.5) is 11.9 Å². The molecule has 7 heteroatoms. The van der Waals surface area contributed by atoms with Gasteiger partial charge >= 0.3 is 0 Å². The quantitative estimate of drug-likeness (QED) is 0.818. The van der Waals surface area contributed by atoms with E-state index in [1.165, 1.54) is 0 Å². The van der Waals surface area contributed by atoms with Crippen LogP contribution in [0.1, 0.15) is 26.7 Å². The van der Waals surface area contributed by atoms with Gasteiger partial charge in [-0.15, -0.1) is 0 Å². The predicted molar refractivity (Wildman–Crippen MR) is 73.9 cm³/mol. The molecule has 2 aromatic rings. The average molecular weight is 261 g/mol. The molecule has 2 heterocycles. The number of anilines is 2. The van der Waals surface area contributed by atoms with Crippen LogP contribution in [0.15, 0.2) is 18.7 Å². The fourth-order valence-electron chi connectivity index (χ4n) is 1.77. The Bertz CT molecular complexity index is 505. The van der Waals surface area contributed by atoms with Gasteiger partial charge in [0.25, 0.3) is 0 Å². The number of aromatic nitrogens is 5. The number of nitrogens with one attached hydrogen (secondary N) is 1. The van der Waals surface area contributed by atoms with Crippen LogP contribution in [-0.2, 0) is 0 Å². The molecular formula is C12H19N7. The summed E-state index contributed by atoms with van der Waals surface area (Å²) in [5, 5.41) is 3.21. The third kappa shape index (κ3) is 3.40. The molecule has 102 valence electrons. The smallest absolute Gasteiger partial charge is 0.241 e. The molecule has 0 aromatic carbocycles. The average Bonchev–Trinajstić information content (AvgIpc) is 2.93. The SMILES string of the molecule is CCC(CC)CNc1nc(N)nc(-n2ccnc2)n1. The molecule has 0 saturated carbocycles. The molecule has 0 fully saturated rings. The van der Waals surface area contributed by atoms with Crippen molar-refractivity contribution in [1.29, 1.82) is 0 Å². The van der Waals surface area contributed by atoms with Crippen LogP contribution in [0.25, 0.3) is 5.95 Å². The number of rotatable bonds is 6. The number of hydrogen-bond acceptors (Lipinski definition) is 6. The molecule has 3 N–H and O–H groups in total. The summed E-state index contributed by atoms with van der Waals surface area (Å²) < 4.78 is 1.69. The maximum atomic E-state index is 5.70. The van der Waals surface area contributed by atoms with Crippen molar-refractivity contribution >= 4 is 11.9 Å². The maximum Gasteiger partial charge on any atom is 0.241 e. The molecule has 0 unspecified atom stereocenters. The molecule has 0 atom stereocenters. The molecule has 2 rings (SSSR count). The lowest BCUT2D eigenvalue weighted by molar-refractivity contribution is 0.517. The topological polar surface area (TPSA) is 94.5 Å². The van der Waals surface area contributed by atoms with E-state index in [4.69, 9.17) is 5.73 Å². The van der Waals surface area contributed by atoms with E-state index in [2.05, 4.69) is 39.1 Å². The van der Waals surface area contributed by atoms with Crippen LogP contribution in [0.3, 0.4) is 0 Å². The van der Waals surface area contributed by atoms with Gasteiger partial charge in [0.2, 0.25) is 17.8 Å². The Labute approximate surface area is 112 Å². The number of hydrogen-bond donors (Lipinski definition) is 2. The van der Waals surface area contributed by atoms with Crippen molar-refractivity contribution in [1.82, 2.24) is 24.5 Å². The second-order valence-corrected chi connectivity index (χ2v) is 4.35. The zero-order valence-electron chi connectivity index (χ0n) is 11.2. The Kier molecular flexibility index (Phi) is 4.27. The van der Waals surface area contributed by atoms with E-state index < -0.39 is 0 Å². The van der Waals surface area contributed by atoms with Crippen LogP contribution in [0.5, 0.6) is 0 Å². The first kappa shape index (κ1) is 13.3. The van der Waals surface area contributed by atoms with E-state index in [9.17, 15) is 0 Å². The van der Waals surface area contributed by atoms with Crippen LogP contribution >= 0.6 is 0 Å². The Morgan fingerprint density at radius 2 is 2.05 bits per heavy atom. The number of nitrogen functional groups attached to an aromatic ring is 1. The van der Waals surface area contributed by atoms with Gasteiger partial charge in [0, 0.05) is 18.9 Å². The lowest BCUT2D eigenvalue weighted by Gasteiger charge is -2.13. The summed E-state index contributed by atoms with van der Waals surface area (Å²) in [4.78, 5) is 16.5. The highest BCUT2D eigenvalue weighted by atomic mass is 15.3. The molecule has 0 aliphatic carbocycles. The van der Waals surface area contributed by atoms with E-state index in [1.54, 1.807) is 23.3 Å². The lowest BCUT2D eigenvalue weighted by atomic mass is 10.0. The van der Waals surface area contributed by atoms with Crippen LogP contribution in [-0.4, -0.2) is 31.0 Å². The molecule has 0 aliphatic rings. The van der Waals surface area contributed by atoms with Crippen molar-refractivity contribution in [2.45, 2.75) is 26.7 Å². The van der Waals surface area contributed by atoms with Gasteiger partial charge in [0.05, 0.1) is 0 Å². The monoisotopic (exact) mass is 261 g/mol. The van der Waals surface area contributed by atoms with Crippen molar-refractivity contribution in [3.05, 3.63) is 18.7 Å². The number of nitrogens with two attached hydrogens (primary N) is 1. The molecule has 0 bridgehead atoms. The van der Waals surface area contributed by atoms with Crippen molar-refractivity contribution in [3.63, 3.8) is 0 Å². The van der Waals surface area contributed by atoms with Crippen molar-refractivity contribution < 1.29 is 0 Å². The molecule has 0 spiro atoms. The molecule has 0 amide bonds. The molecule has 7 nitrogen and oxygen atoms in total. The summed E-state index contributed by atoms with van der Waals surface area (Å²) in [6.45, 7) is 5.18. The van der Waals surface area contributed by atoms with Crippen LogP contribution in [0.2, 0.25) is 0 Å².